The van der Waals surface area contributed by atoms with Crippen molar-refractivity contribution in [3.8, 4) is 0 Å². The van der Waals surface area contributed by atoms with Gasteiger partial charge in [0.2, 0.25) is 0 Å². The number of nitrogens with one attached hydrogen (secondary N) is 1. The monoisotopic (exact) mass is 259 g/mol. The van der Waals surface area contributed by atoms with Gasteiger partial charge in [-0.05, 0) is 19.1 Å². The fourth-order valence-corrected chi connectivity index (χ4v) is 2.45. The van der Waals surface area contributed by atoms with E-state index in [0.717, 1.165) is 11.5 Å². The summed E-state index contributed by atoms with van der Waals surface area (Å²) in [6, 6.07) is 6.16. The Morgan fingerprint density at radius 3 is 3.17 bits per heavy atom. The number of pyridine rings is 1. The zero-order chi connectivity index (χ0) is 12.4. The molecule has 3 heterocycles. The van der Waals surface area contributed by atoms with Crippen molar-refractivity contribution in [2.24, 2.45) is 0 Å². The van der Waals surface area contributed by atoms with E-state index in [9.17, 15) is 0 Å². The van der Waals surface area contributed by atoms with E-state index in [2.05, 4.69) is 27.4 Å². The molecular formula is C12H13N5S. The van der Waals surface area contributed by atoms with Crippen LogP contribution < -0.4 is 5.32 Å². The number of rotatable bonds is 4. The van der Waals surface area contributed by atoms with Crippen LogP contribution in [0.5, 0.6) is 0 Å². The van der Waals surface area contributed by atoms with Crippen LogP contribution >= 0.6 is 11.3 Å². The van der Waals surface area contributed by atoms with Gasteiger partial charge in [-0.15, -0.1) is 21.5 Å². The molecule has 0 bridgehead atoms. The molecule has 0 amide bonds. The number of hydrogen-bond acceptors (Lipinski definition) is 5. The predicted octanol–water partition coefficient (Wildman–Crippen LogP) is 2.04. The summed E-state index contributed by atoms with van der Waals surface area (Å²) >= 11 is 1.66. The van der Waals surface area contributed by atoms with E-state index >= 15 is 0 Å². The maximum atomic E-state index is 4.19. The molecule has 3 aromatic heterocycles. The molecule has 0 fully saturated rings. The van der Waals surface area contributed by atoms with Gasteiger partial charge < -0.3 is 5.32 Å². The Bertz CT molecular complexity index is 631. The molecular weight excluding hydrogens is 246 g/mol. The van der Waals surface area contributed by atoms with E-state index in [1.807, 2.05) is 40.5 Å². The van der Waals surface area contributed by atoms with Crippen molar-refractivity contribution in [3.63, 3.8) is 0 Å². The van der Waals surface area contributed by atoms with Gasteiger partial charge in [0.25, 0.3) is 0 Å². The van der Waals surface area contributed by atoms with Crippen molar-refractivity contribution >= 4 is 17.0 Å². The Hall–Kier alpha value is -1.79. The summed E-state index contributed by atoms with van der Waals surface area (Å²) in [4.78, 5) is 5.31. The highest BCUT2D eigenvalue weighted by molar-refractivity contribution is 7.09. The third-order valence-electron chi connectivity index (χ3n) is 2.83. The third-order valence-corrected chi connectivity index (χ3v) is 3.79. The second-order valence-electron chi connectivity index (χ2n) is 4.05. The average Bonchev–Trinajstić information content (AvgIpc) is 3.06. The summed E-state index contributed by atoms with van der Waals surface area (Å²) in [7, 11) is 0. The first-order valence-corrected chi connectivity index (χ1v) is 6.63. The minimum Gasteiger partial charge on any atom is -0.302 e. The third kappa shape index (κ3) is 2.12. The zero-order valence-corrected chi connectivity index (χ0v) is 10.8. The van der Waals surface area contributed by atoms with E-state index in [1.165, 1.54) is 4.88 Å². The molecule has 1 atom stereocenters. The van der Waals surface area contributed by atoms with Gasteiger partial charge in [-0.3, -0.25) is 9.38 Å². The fourth-order valence-electron chi connectivity index (χ4n) is 1.80. The molecule has 92 valence electrons. The number of thiazole rings is 1. The van der Waals surface area contributed by atoms with Crippen LogP contribution in [0.25, 0.3) is 5.65 Å². The minimum absolute atomic E-state index is 0.272. The minimum atomic E-state index is 0.272. The SMILES string of the molecule is CC(NCc1nnc2ccccn12)c1cncs1. The van der Waals surface area contributed by atoms with Gasteiger partial charge in [-0.25, -0.2) is 0 Å². The summed E-state index contributed by atoms with van der Waals surface area (Å²) in [6.07, 6.45) is 3.87. The first-order chi connectivity index (χ1) is 8.84. The molecule has 0 aliphatic rings. The standard InChI is InChI=1S/C12H13N5S/c1-9(10-6-13-8-18-10)14-7-12-16-15-11-4-2-3-5-17(11)12/h2-6,8-9,14H,7H2,1H3. The smallest absolute Gasteiger partial charge is 0.160 e. The van der Waals surface area contributed by atoms with Crippen molar-refractivity contribution in [2.75, 3.05) is 0 Å². The van der Waals surface area contributed by atoms with Crippen LogP contribution in [0.1, 0.15) is 23.7 Å². The molecule has 3 aromatic rings. The van der Waals surface area contributed by atoms with Gasteiger partial charge in [0.1, 0.15) is 0 Å². The van der Waals surface area contributed by atoms with Crippen LogP contribution in [0.2, 0.25) is 0 Å². The number of hydrogen-bond donors (Lipinski definition) is 1. The van der Waals surface area contributed by atoms with Gasteiger partial charge in [-0.2, -0.15) is 0 Å². The summed E-state index contributed by atoms with van der Waals surface area (Å²) < 4.78 is 1.99. The van der Waals surface area contributed by atoms with Gasteiger partial charge in [0.15, 0.2) is 11.5 Å². The maximum Gasteiger partial charge on any atom is 0.160 e. The molecule has 0 saturated carbocycles. The van der Waals surface area contributed by atoms with Crippen molar-refractivity contribution in [2.45, 2.75) is 19.5 Å². The first-order valence-electron chi connectivity index (χ1n) is 5.75. The molecule has 1 unspecified atom stereocenters. The van der Waals surface area contributed by atoms with Crippen molar-refractivity contribution in [1.29, 1.82) is 0 Å². The Balaban J connectivity index is 1.73. The molecule has 0 saturated heterocycles. The van der Waals surface area contributed by atoms with Gasteiger partial charge >= 0.3 is 0 Å². The highest BCUT2D eigenvalue weighted by Crippen LogP contribution is 2.16. The molecule has 0 aromatic carbocycles. The van der Waals surface area contributed by atoms with Gasteiger partial charge in [0.05, 0.1) is 12.1 Å². The van der Waals surface area contributed by atoms with Crippen LogP contribution in [0.15, 0.2) is 36.1 Å². The van der Waals surface area contributed by atoms with Crippen LogP contribution in [0.3, 0.4) is 0 Å². The van der Waals surface area contributed by atoms with Gasteiger partial charge in [0, 0.05) is 23.3 Å². The lowest BCUT2D eigenvalue weighted by atomic mass is 10.3. The molecule has 18 heavy (non-hydrogen) atoms. The lowest BCUT2D eigenvalue weighted by molar-refractivity contribution is 0.563. The molecule has 0 aliphatic heterocycles. The lowest BCUT2D eigenvalue weighted by Crippen LogP contribution is -2.18. The number of aromatic nitrogens is 4. The zero-order valence-electron chi connectivity index (χ0n) is 9.95. The van der Waals surface area contributed by atoms with Crippen LogP contribution in [0.4, 0.5) is 0 Å². The molecule has 0 spiro atoms. The Morgan fingerprint density at radius 1 is 1.39 bits per heavy atom. The van der Waals surface area contributed by atoms with E-state index in [1.54, 1.807) is 11.3 Å². The van der Waals surface area contributed by atoms with Crippen LogP contribution in [-0.2, 0) is 6.54 Å². The first kappa shape index (κ1) is 11.3. The molecule has 3 rings (SSSR count). The van der Waals surface area contributed by atoms with E-state index in [0.29, 0.717) is 6.54 Å². The topological polar surface area (TPSA) is 55.1 Å². The Kier molecular flexibility index (Phi) is 3.04. The largest absolute Gasteiger partial charge is 0.302 e. The highest BCUT2D eigenvalue weighted by Gasteiger charge is 2.09. The van der Waals surface area contributed by atoms with E-state index < -0.39 is 0 Å². The van der Waals surface area contributed by atoms with Crippen molar-refractivity contribution in [1.82, 2.24) is 24.9 Å². The summed E-state index contributed by atoms with van der Waals surface area (Å²) in [5.41, 5.74) is 2.72. The number of nitrogens with zero attached hydrogens (tertiary/aromatic N) is 4. The molecule has 6 heteroatoms. The number of fused-ring (bicyclic) bond motifs is 1. The molecule has 0 aliphatic carbocycles. The second kappa shape index (κ2) is 4.83. The summed E-state index contributed by atoms with van der Waals surface area (Å²) in [5, 5.41) is 11.7. The Labute approximate surface area is 109 Å². The van der Waals surface area contributed by atoms with E-state index in [-0.39, 0.29) is 6.04 Å². The molecule has 1 N–H and O–H groups in total. The second-order valence-corrected chi connectivity index (χ2v) is 4.97. The van der Waals surface area contributed by atoms with Crippen molar-refractivity contribution < 1.29 is 0 Å². The summed E-state index contributed by atoms with van der Waals surface area (Å²) in [6.45, 7) is 2.81. The van der Waals surface area contributed by atoms with E-state index in [4.69, 9.17) is 0 Å². The normalized spacial score (nSPS) is 12.9. The predicted molar refractivity (Wildman–Crippen MR) is 70.4 cm³/mol. The molecule has 5 nitrogen and oxygen atoms in total. The quantitative estimate of drug-likeness (QED) is 0.779. The maximum absolute atomic E-state index is 4.19. The average molecular weight is 259 g/mol. The highest BCUT2D eigenvalue weighted by atomic mass is 32.1. The summed E-state index contributed by atoms with van der Waals surface area (Å²) in [5.74, 6) is 0.918. The van der Waals surface area contributed by atoms with Crippen LogP contribution in [0, 0.1) is 0 Å². The van der Waals surface area contributed by atoms with Crippen molar-refractivity contribution in [3.05, 3.63) is 46.8 Å². The van der Waals surface area contributed by atoms with Gasteiger partial charge in [-0.1, -0.05) is 6.07 Å². The van der Waals surface area contributed by atoms with Crippen LogP contribution in [-0.4, -0.2) is 19.6 Å². The lowest BCUT2D eigenvalue weighted by Gasteiger charge is -2.10. The fraction of sp³-hybridized carbons (Fsp3) is 0.250. The Morgan fingerprint density at radius 2 is 2.33 bits per heavy atom. The molecule has 0 radical (unpaired) electrons.